The van der Waals surface area contributed by atoms with Crippen molar-refractivity contribution < 1.29 is 49.1 Å². The second-order valence-electron chi connectivity index (χ2n) is 3.72. The van der Waals surface area contributed by atoms with E-state index >= 15 is 0 Å². The maximum absolute atomic E-state index is 10.9. The summed E-state index contributed by atoms with van der Waals surface area (Å²) in [4.78, 5) is 3.79. The number of rotatable bonds is 4. The minimum Gasteiger partial charge on any atom is -1.00 e. The quantitative estimate of drug-likeness (QED) is 0.396. The Morgan fingerprint density at radius 3 is 2.19 bits per heavy atom. The Kier molecular flexibility index (Phi) is 7.63. The van der Waals surface area contributed by atoms with Crippen molar-refractivity contribution in [3.05, 3.63) is 0 Å². The summed E-state index contributed by atoms with van der Waals surface area (Å²) < 4.78 is 30.7. The second kappa shape index (κ2) is 7.27. The van der Waals surface area contributed by atoms with Crippen LogP contribution in [0.5, 0.6) is 0 Å². The van der Waals surface area contributed by atoms with Gasteiger partial charge in [0.25, 0.3) is 10.1 Å². The van der Waals surface area contributed by atoms with Crippen molar-refractivity contribution in [3.63, 3.8) is 0 Å². The molecule has 1 fully saturated rings. The van der Waals surface area contributed by atoms with Crippen LogP contribution in [0.15, 0.2) is 0 Å². The molecule has 1 rings (SSSR count). The van der Waals surface area contributed by atoms with E-state index in [-0.39, 0.29) is 37.6 Å². The summed E-state index contributed by atoms with van der Waals surface area (Å²) in [6.45, 7) is 4.86. The van der Waals surface area contributed by atoms with Crippen LogP contribution in [0.1, 0.15) is 8.35 Å². The fraction of sp³-hybridized carbons (Fsp3) is 1.00. The number of β-amino-alcohol motifs (C(OH)–C–C–N with tert-alkyl or cyclic N) is 1. The molecule has 0 spiro atoms. The van der Waals surface area contributed by atoms with Gasteiger partial charge in [0.05, 0.1) is 6.61 Å². The molecule has 1 aliphatic heterocycles. The monoisotopic (exact) mass is 262 g/mol. The molecule has 16 heavy (non-hydrogen) atoms. The Bertz CT molecular complexity index is 296. The zero-order chi connectivity index (χ0) is 11.5. The van der Waals surface area contributed by atoms with Gasteiger partial charge >= 0.3 is 29.6 Å². The van der Waals surface area contributed by atoms with E-state index in [1.165, 1.54) is 6.92 Å². The largest absolute Gasteiger partial charge is 1.00 e. The van der Waals surface area contributed by atoms with Crippen LogP contribution in [-0.4, -0.2) is 72.6 Å². The van der Waals surface area contributed by atoms with Gasteiger partial charge in [0, 0.05) is 32.7 Å². The zero-order valence-corrected chi connectivity index (χ0v) is 12.7. The fourth-order valence-electron chi connectivity index (χ4n) is 1.68. The van der Waals surface area contributed by atoms with Gasteiger partial charge in [-0.25, -0.2) is 0 Å². The predicted molar refractivity (Wildman–Crippen MR) is 57.2 cm³/mol. The minimum absolute atomic E-state index is 0. The predicted octanol–water partition coefficient (Wildman–Crippen LogP) is -4.05. The molecule has 0 bridgehead atoms. The topological polar surface area (TPSA) is 81.1 Å². The first-order valence-electron chi connectivity index (χ1n) is 4.98. The molecular weight excluding hydrogens is 243 g/mol. The number of aliphatic hydroxyl groups excluding tert-OH is 1. The number of aliphatic hydroxyl groups is 1. The van der Waals surface area contributed by atoms with Crippen LogP contribution in [0.2, 0.25) is 0 Å². The smallest absolute Gasteiger partial charge is 1.00 e. The van der Waals surface area contributed by atoms with Gasteiger partial charge in [0.15, 0.2) is 0 Å². The SMILES string of the molecule is CC(N1CCN(CCO)CC1)S(=O)(=O)O.[H-].[Na+]. The van der Waals surface area contributed by atoms with Gasteiger partial charge in [-0.05, 0) is 6.92 Å². The molecule has 1 unspecified atom stereocenters. The summed E-state index contributed by atoms with van der Waals surface area (Å²) in [5.74, 6) is 0. The molecule has 6 nitrogen and oxygen atoms in total. The Morgan fingerprint density at radius 1 is 1.31 bits per heavy atom. The molecule has 1 saturated heterocycles. The summed E-state index contributed by atoms with van der Waals surface area (Å²) in [5.41, 5.74) is 0. The molecule has 0 saturated carbocycles. The summed E-state index contributed by atoms with van der Waals surface area (Å²) in [6.07, 6.45) is 0. The number of hydrogen-bond acceptors (Lipinski definition) is 5. The number of nitrogens with zero attached hydrogens (tertiary/aromatic N) is 2. The van der Waals surface area contributed by atoms with E-state index in [2.05, 4.69) is 4.90 Å². The normalized spacial score (nSPS) is 21.4. The van der Waals surface area contributed by atoms with Gasteiger partial charge in [-0.15, -0.1) is 0 Å². The number of piperazine rings is 1. The standard InChI is InChI=1S/C8H18N2O4S.Na.H/c1-8(15(12,13)14)10-4-2-9(3-5-10)6-7-11;;/h8,11H,2-7H2,1H3,(H,12,13,14);;/q;+1;-1. The van der Waals surface area contributed by atoms with Crippen molar-refractivity contribution in [3.8, 4) is 0 Å². The van der Waals surface area contributed by atoms with Crippen LogP contribution >= 0.6 is 0 Å². The van der Waals surface area contributed by atoms with Crippen LogP contribution in [-0.2, 0) is 10.1 Å². The average molecular weight is 262 g/mol. The molecule has 1 aliphatic rings. The van der Waals surface area contributed by atoms with Gasteiger partial charge in [-0.1, -0.05) is 0 Å². The molecule has 0 amide bonds. The molecule has 0 aromatic rings. The Hall–Kier alpha value is 0.790. The maximum Gasteiger partial charge on any atom is 1.00 e. The van der Waals surface area contributed by atoms with E-state index in [1.54, 1.807) is 4.90 Å². The van der Waals surface area contributed by atoms with Gasteiger partial charge in [-0.2, -0.15) is 8.42 Å². The Labute approximate surface area is 120 Å². The first-order valence-corrected chi connectivity index (χ1v) is 6.49. The molecule has 0 aromatic carbocycles. The van der Waals surface area contributed by atoms with Crippen molar-refractivity contribution in [2.75, 3.05) is 39.3 Å². The van der Waals surface area contributed by atoms with Crippen molar-refractivity contribution in [1.82, 2.24) is 9.80 Å². The minimum atomic E-state index is -3.97. The molecule has 1 heterocycles. The molecule has 8 heteroatoms. The Balaban J connectivity index is 0. The van der Waals surface area contributed by atoms with Gasteiger partial charge < -0.3 is 6.53 Å². The van der Waals surface area contributed by atoms with E-state index in [0.717, 1.165) is 13.1 Å². The first-order chi connectivity index (χ1) is 6.95. The second-order valence-corrected chi connectivity index (χ2v) is 5.43. The molecular formula is C8H19N2NaO4S. The third kappa shape index (κ3) is 4.97. The van der Waals surface area contributed by atoms with Crippen molar-refractivity contribution >= 4 is 10.1 Å². The summed E-state index contributed by atoms with van der Waals surface area (Å²) in [7, 11) is -3.97. The molecule has 92 valence electrons. The van der Waals surface area contributed by atoms with E-state index in [4.69, 9.17) is 9.66 Å². The number of hydrogen-bond donors (Lipinski definition) is 2. The third-order valence-corrected chi connectivity index (χ3v) is 3.93. The van der Waals surface area contributed by atoms with Crippen molar-refractivity contribution in [2.24, 2.45) is 0 Å². The van der Waals surface area contributed by atoms with Crippen molar-refractivity contribution in [2.45, 2.75) is 12.3 Å². The van der Waals surface area contributed by atoms with Gasteiger partial charge in [0.1, 0.15) is 5.37 Å². The maximum atomic E-state index is 10.9. The van der Waals surface area contributed by atoms with Crippen LogP contribution in [0.4, 0.5) is 0 Å². The van der Waals surface area contributed by atoms with E-state index in [9.17, 15) is 8.42 Å². The fourth-order valence-corrected chi connectivity index (χ4v) is 2.27. The molecule has 1 atom stereocenters. The molecule has 0 aliphatic carbocycles. The average Bonchev–Trinajstić information content (AvgIpc) is 2.17. The zero-order valence-electron chi connectivity index (χ0n) is 10.8. The summed E-state index contributed by atoms with van der Waals surface area (Å²) >= 11 is 0. The molecule has 0 aromatic heterocycles. The summed E-state index contributed by atoms with van der Waals surface area (Å²) in [5, 5.41) is 7.89. The van der Waals surface area contributed by atoms with Crippen LogP contribution in [0.25, 0.3) is 0 Å². The third-order valence-electron chi connectivity index (χ3n) is 2.77. The van der Waals surface area contributed by atoms with E-state index in [0.29, 0.717) is 19.6 Å². The first kappa shape index (κ1) is 16.8. The molecule has 0 radical (unpaired) electrons. The molecule has 2 N–H and O–H groups in total. The van der Waals surface area contributed by atoms with Crippen LogP contribution in [0.3, 0.4) is 0 Å². The van der Waals surface area contributed by atoms with E-state index in [1.807, 2.05) is 0 Å². The van der Waals surface area contributed by atoms with Gasteiger partial charge in [-0.3, -0.25) is 14.4 Å². The van der Waals surface area contributed by atoms with E-state index < -0.39 is 15.5 Å². The van der Waals surface area contributed by atoms with Crippen LogP contribution in [0, 0.1) is 0 Å². The van der Waals surface area contributed by atoms with Crippen molar-refractivity contribution in [1.29, 1.82) is 0 Å². The van der Waals surface area contributed by atoms with Gasteiger partial charge in [0.2, 0.25) is 0 Å². The Morgan fingerprint density at radius 2 is 1.81 bits per heavy atom. The summed E-state index contributed by atoms with van der Waals surface area (Å²) in [6, 6.07) is 0. The van der Waals surface area contributed by atoms with Crippen LogP contribution < -0.4 is 29.6 Å².